The van der Waals surface area contributed by atoms with Crippen LogP contribution < -0.4 is 0 Å². The molecule has 0 N–H and O–H groups in total. The molecule has 0 aliphatic carbocycles. The van der Waals surface area contributed by atoms with E-state index in [4.69, 9.17) is 4.74 Å². The van der Waals surface area contributed by atoms with Gasteiger partial charge >= 0.3 is 11.9 Å². The number of hydrogen-bond acceptors (Lipinski definition) is 3. The summed E-state index contributed by atoms with van der Waals surface area (Å²) in [6.45, 7) is 6.27. The smallest absolute Gasteiger partial charge is 0.313 e. The third-order valence-electron chi connectivity index (χ3n) is 6.90. The second-order valence-corrected chi connectivity index (χ2v) is 10.2. The van der Waals surface area contributed by atoms with Gasteiger partial charge in [-0.3, -0.25) is 9.59 Å². The Balaban J connectivity index is 3.97. The van der Waals surface area contributed by atoms with Gasteiger partial charge in [-0.05, 0) is 18.8 Å². The van der Waals surface area contributed by atoms with Crippen LogP contribution in [0.2, 0.25) is 0 Å². The van der Waals surface area contributed by atoms with Crippen LogP contribution in [0.25, 0.3) is 0 Å². The highest BCUT2D eigenvalue weighted by Gasteiger charge is 2.17. The largest absolute Gasteiger partial charge is 0.393 e. The molecule has 3 nitrogen and oxygen atoms in total. The van der Waals surface area contributed by atoms with Crippen LogP contribution in [0.4, 0.5) is 0 Å². The van der Waals surface area contributed by atoms with Crippen LogP contribution in [0.5, 0.6) is 0 Å². The monoisotopic (exact) mass is 466 g/mol. The van der Waals surface area contributed by atoms with Crippen molar-refractivity contribution in [3.8, 4) is 0 Å². The van der Waals surface area contributed by atoms with Crippen LogP contribution in [0.15, 0.2) is 0 Å². The molecule has 0 saturated carbocycles. The van der Waals surface area contributed by atoms with Crippen molar-refractivity contribution in [2.24, 2.45) is 5.92 Å². The number of unbranched alkanes of at least 4 members (excludes halogenated alkanes) is 18. The van der Waals surface area contributed by atoms with Crippen LogP contribution in [0, 0.1) is 5.92 Å². The summed E-state index contributed by atoms with van der Waals surface area (Å²) >= 11 is 0. The van der Waals surface area contributed by atoms with Crippen LogP contribution >= 0.6 is 0 Å². The SMILES string of the molecule is CCCCCCCCCCCCC(CCCCCCCCCCCC)CC(=O)OC(=O)CC. The lowest BCUT2D eigenvalue weighted by Crippen LogP contribution is -2.15. The summed E-state index contributed by atoms with van der Waals surface area (Å²) in [5.74, 6) is -0.326. The van der Waals surface area contributed by atoms with Crippen molar-refractivity contribution in [3.05, 3.63) is 0 Å². The van der Waals surface area contributed by atoms with E-state index in [1.54, 1.807) is 6.92 Å². The van der Waals surface area contributed by atoms with E-state index < -0.39 is 5.97 Å². The van der Waals surface area contributed by atoms with Gasteiger partial charge in [0.05, 0.1) is 0 Å². The van der Waals surface area contributed by atoms with Crippen molar-refractivity contribution in [2.75, 3.05) is 0 Å². The highest BCUT2D eigenvalue weighted by atomic mass is 16.6. The minimum absolute atomic E-state index is 0.271. The number of carbonyl (C=O) groups excluding carboxylic acids is 2. The number of carbonyl (C=O) groups is 2. The first kappa shape index (κ1) is 32.1. The third kappa shape index (κ3) is 24.1. The molecule has 0 heterocycles. The zero-order valence-electron chi connectivity index (χ0n) is 22.8. The lowest BCUT2D eigenvalue weighted by molar-refractivity contribution is -0.160. The standard InChI is InChI=1S/C30H58O3/c1-4-7-9-11-13-15-17-19-21-23-25-28(27-30(32)33-29(31)6-3)26-24-22-20-18-16-14-12-10-8-5-2/h28H,4-27H2,1-3H3. The molecule has 0 radical (unpaired) electrons. The lowest BCUT2D eigenvalue weighted by atomic mass is 9.91. The third-order valence-corrected chi connectivity index (χ3v) is 6.90. The predicted molar refractivity (Wildman–Crippen MR) is 142 cm³/mol. The van der Waals surface area contributed by atoms with E-state index in [9.17, 15) is 9.59 Å². The van der Waals surface area contributed by atoms with Gasteiger partial charge in [0.2, 0.25) is 0 Å². The number of rotatable bonds is 25. The normalized spacial score (nSPS) is 11.3. The molecule has 3 heteroatoms. The maximum atomic E-state index is 12.1. The molecule has 0 rings (SSSR count). The van der Waals surface area contributed by atoms with E-state index in [-0.39, 0.29) is 12.4 Å². The molecule has 0 fully saturated rings. The fourth-order valence-electron chi connectivity index (χ4n) is 4.67. The Morgan fingerprint density at radius 3 is 1.15 bits per heavy atom. The summed E-state index contributed by atoms with van der Waals surface area (Å²) in [6.07, 6.45) is 29.7. The zero-order valence-corrected chi connectivity index (χ0v) is 22.8. The van der Waals surface area contributed by atoms with Gasteiger partial charge in [-0.25, -0.2) is 0 Å². The molecule has 0 aromatic carbocycles. The number of ether oxygens (including phenoxy) is 1. The summed E-state index contributed by atoms with van der Waals surface area (Å²) in [7, 11) is 0. The average molecular weight is 467 g/mol. The Hall–Kier alpha value is -0.860. The average Bonchev–Trinajstić information content (AvgIpc) is 2.81. The molecule has 0 aliphatic heterocycles. The van der Waals surface area contributed by atoms with Crippen LogP contribution in [0.1, 0.15) is 175 Å². The molecule has 0 unspecified atom stereocenters. The Morgan fingerprint density at radius 2 is 0.818 bits per heavy atom. The second-order valence-electron chi connectivity index (χ2n) is 10.2. The Labute approximate surface area is 207 Å². The molecule has 0 aromatic heterocycles. The van der Waals surface area contributed by atoms with Gasteiger partial charge in [0.25, 0.3) is 0 Å². The molecule has 0 amide bonds. The molecular formula is C30H58O3. The van der Waals surface area contributed by atoms with Crippen LogP contribution in [-0.2, 0) is 14.3 Å². The zero-order chi connectivity index (χ0) is 24.4. The lowest BCUT2D eigenvalue weighted by Gasteiger charge is -2.16. The number of esters is 2. The van der Waals surface area contributed by atoms with Gasteiger partial charge in [0.15, 0.2) is 0 Å². The van der Waals surface area contributed by atoms with Crippen molar-refractivity contribution in [1.82, 2.24) is 0 Å². The minimum Gasteiger partial charge on any atom is -0.393 e. The van der Waals surface area contributed by atoms with Crippen molar-refractivity contribution in [2.45, 2.75) is 175 Å². The molecule has 33 heavy (non-hydrogen) atoms. The van der Waals surface area contributed by atoms with E-state index in [0.29, 0.717) is 12.3 Å². The van der Waals surface area contributed by atoms with Crippen molar-refractivity contribution < 1.29 is 14.3 Å². The van der Waals surface area contributed by atoms with Crippen molar-refractivity contribution in [1.29, 1.82) is 0 Å². The summed E-state index contributed by atoms with van der Waals surface area (Å²) < 4.78 is 4.95. The maximum Gasteiger partial charge on any atom is 0.313 e. The number of hydrogen-bond donors (Lipinski definition) is 0. The molecule has 0 spiro atoms. The summed E-state index contributed by atoms with van der Waals surface area (Å²) in [6, 6.07) is 0. The second kappa shape index (κ2) is 25.8. The van der Waals surface area contributed by atoms with E-state index in [1.165, 1.54) is 128 Å². The highest BCUT2D eigenvalue weighted by Crippen LogP contribution is 2.23. The fourth-order valence-corrected chi connectivity index (χ4v) is 4.67. The van der Waals surface area contributed by atoms with Crippen LogP contribution in [0.3, 0.4) is 0 Å². The topological polar surface area (TPSA) is 43.4 Å². The molecule has 0 aliphatic rings. The Kier molecular flexibility index (Phi) is 25.1. The molecule has 0 bridgehead atoms. The molecule has 196 valence electrons. The Morgan fingerprint density at radius 1 is 0.485 bits per heavy atom. The molecular weight excluding hydrogens is 408 g/mol. The minimum atomic E-state index is -0.392. The van der Waals surface area contributed by atoms with E-state index in [1.807, 2.05) is 0 Å². The van der Waals surface area contributed by atoms with Crippen LogP contribution in [-0.4, -0.2) is 11.9 Å². The summed E-state index contributed by atoms with van der Waals surface area (Å²) in [5, 5.41) is 0. The highest BCUT2D eigenvalue weighted by molar-refractivity contribution is 5.85. The molecule has 0 aromatic rings. The van der Waals surface area contributed by atoms with Crippen molar-refractivity contribution in [3.63, 3.8) is 0 Å². The van der Waals surface area contributed by atoms with Gasteiger partial charge in [0.1, 0.15) is 0 Å². The predicted octanol–water partition coefficient (Wildman–Crippen LogP) is 10.1. The first-order chi connectivity index (χ1) is 16.1. The fraction of sp³-hybridized carbons (Fsp3) is 0.933. The van der Waals surface area contributed by atoms with Gasteiger partial charge in [0, 0.05) is 12.8 Å². The van der Waals surface area contributed by atoms with Gasteiger partial charge in [-0.15, -0.1) is 0 Å². The van der Waals surface area contributed by atoms with E-state index in [0.717, 1.165) is 12.8 Å². The first-order valence-corrected chi connectivity index (χ1v) is 14.9. The van der Waals surface area contributed by atoms with Gasteiger partial charge < -0.3 is 4.74 Å². The van der Waals surface area contributed by atoms with Gasteiger partial charge in [-0.2, -0.15) is 0 Å². The summed E-state index contributed by atoms with van der Waals surface area (Å²) in [5.41, 5.74) is 0. The van der Waals surface area contributed by atoms with Gasteiger partial charge in [-0.1, -0.05) is 149 Å². The Bertz CT molecular complexity index is 408. The van der Waals surface area contributed by atoms with E-state index >= 15 is 0 Å². The molecule has 0 saturated heterocycles. The first-order valence-electron chi connectivity index (χ1n) is 14.9. The maximum absolute atomic E-state index is 12.1. The summed E-state index contributed by atoms with van der Waals surface area (Å²) in [4.78, 5) is 23.6. The quantitative estimate of drug-likeness (QED) is 0.0763. The molecule has 0 atom stereocenters. The van der Waals surface area contributed by atoms with Crippen molar-refractivity contribution >= 4 is 11.9 Å². The van der Waals surface area contributed by atoms with E-state index in [2.05, 4.69) is 13.8 Å².